The van der Waals surface area contributed by atoms with Gasteiger partial charge in [-0.3, -0.25) is 0 Å². The number of halogens is 1. The number of aliphatic hydroxyl groups excluding tert-OH is 1. The molecule has 1 aromatic carbocycles. The molecule has 86 valence electrons. The van der Waals surface area contributed by atoms with Gasteiger partial charge in [-0.15, -0.1) is 4.91 Å². The third kappa shape index (κ3) is 3.43. The predicted octanol–water partition coefficient (Wildman–Crippen LogP) is 2.66. The molecule has 0 saturated heterocycles. The van der Waals surface area contributed by atoms with Crippen LogP contribution in [0.1, 0.15) is 5.56 Å². The zero-order chi connectivity index (χ0) is 12.0. The number of hydrogen-bond acceptors (Lipinski definition) is 3. The summed E-state index contributed by atoms with van der Waals surface area (Å²) in [6, 6.07) is 5.61. The number of nitroso groups, excluding NO2 is 1. The molecule has 0 heterocycles. The molecule has 5 heteroatoms. The molecule has 0 aliphatic heterocycles. The van der Waals surface area contributed by atoms with Crippen molar-refractivity contribution in [3.05, 3.63) is 45.3 Å². The van der Waals surface area contributed by atoms with Crippen molar-refractivity contribution >= 4 is 21.6 Å². The molecule has 4 nitrogen and oxygen atoms in total. The van der Waals surface area contributed by atoms with Gasteiger partial charge in [-0.1, -0.05) is 28.1 Å². The fourth-order valence-corrected chi connectivity index (χ4v) is 1.77. The quantitative estimate of drug-likeness (QED) is 0.514. The van der Waals surface area contributed by atoms with Crippen molar-refractivity contribution in [2.45, 2.75) is 6.42 Å². The van der Waals surface area contributed by atoms with Crippen LogP contribution in [-0.2, 0) is 6.42 Å². The first-order valence-corrected chi connectivity index (χ1v) is 5.59. The molecule has 0 fully saturated rings. The Morgan fingerprint density at radius 2 is 2.25 bits per heavy atom. The Balaban J connectivity index is 2.98. The number of aliphatic hydroxyl groups is 1. The van der Waals surface area contributed by atoms with Gasteiger partial charge in [0.1, 0.15) is 0 Å². The van der Waals surface area contributed by atoms with Crippen molar-refractivity contribution < 1.29 is 5.11 Å². The fraction of sp³-hybridized carbons (Fsp3) is 0.273. The van der Waals surface area contributed by atoms with Gasteiger partial charge < -0.3 is 5.11 Å². The molecule has 0 saturated carbocycles. The number of allylic oxidation sites excluding steroid dienone is 1. The van der Waals surface area contributed by atoms with Gasteiger partial charge in [0.2, 0.25) is 0 Å². The van der Waals surface area contributed by atoms with E-state index in [-0.39, 0.29) is 6.61 Å². The minimum absolute atomic E-state index is 0.0190. The molecule has 0 unspecified atom stereocenters. The third-order valence-electron chi connectivity index (χ3n) is 2.12. The lowest BCUT2D eigenvalue weighted by Gasteiger charge is -2.13. The largest absolute Gasteiger partial charge is 0.392 e. The summed E-state index contributed by atoms with van der Waals surface area (Å²) in [4.78, 5) is 10.5. The second-order valence-electron chi connectivity index (χ2n) is 3.24. The highest BCUT2D eigenvalue weighted by Gasteiger charge is 2.06. The highest BCUT2D eigenvalue weighted by atomic mass is 79.9. The molecule has 1 rings (SSSR count). The van der Waals surface area contributed by atoms with Crippen LogP contribution in [0.3, 0.4) is 0 Å². The number of nitrogens with zero attached hydrogens (tertiary/aromatic N) is 2. The summed E-state index contributed by atoms with van der Waals surface area (Å²) in [6.07, 6.45) is 4.16. The maximum atomic E-state index is 10.5. The van der Waals surface area contributed by atoms with Crippen molar-refractivity contribution in [3.8, 4) is 0 Å². The lowest BCUT2D eigenvalue weighted by Crippen LogP contribution is -2.09. The van der Waals surface area contributed by atoms with Crippen molar-refractivity contribution in [2.75, 3.05) is 18.7 Å². The van der Waals surface area contributed by atoms with Gasteiger partial charge in [0.15, 0.2) is 0 Å². The van der Waals surface area contributed by atoms with Gasteiger partial charge in [0.25, 0.3) is 0 Å². The normalized spacial score (nSPS) is 10.7. The van der Waals surface area contributed by atoms with Crippen LogP contribution >= 0.6 is 15.9 Å². The smallest absolute Gasteiger partial charge is 0.0658 e. The molecule has 0 aromatic heterocycles. The van der Waals surface area contributed by atoms with Crippen LogP contribution in [0.4, 0.5) is 5.69 Å². The first kappa shape index (κ1) is 12.9. The monoisotopic (exact) mass is 284 g/mol. The Bertz CT molecular complexity index is 394. The minimum Gasteiger partial charge on any atom is -0.392 e. The lowest BCUT2D eigenvalue weighted by molar-refractivity contribution is 0.342. The fourth-order valence-electron chi connectivity index (χ4n) is 1.36. The Kier molecular flexibility index (Phi) is 5.14. The summed E-state index contributed by atoms with van der Waals surface area (Å²) in [6.45, 7) is 0.0190. The molecule has 1 N–H and O–H groups in total. The molecule has 0 spiro atoms. The van der Waals surface area contributed by atoms with E-state index in [0.29, 0.717) is 6.42 Å². The zero-order valence-electron chi connectivity index (χ0n) is 8.93. The maximum absolute atomic E-state index is 10.5. The second kappa shape index (κ2) is 6.40. The zero-order valence-corrected chi connectivity index (χ0v) is 10.5. The molecule has 0 aliphatic rings. The number of rotatable bonds is 5. The van der Waals surface area contributed by atoms with E-state index in [1.165, 1.54) is 5.01 Å². The number of hydrogen-bond donors (Lipinski definition) is 1. The molecule has 0 bridgehead atoms. The van der Waals surface area contributed by atoms with Crippen LogP contribution in [0.25, 0.3) is 0 Å². The maximum Gasteiger partial charge on any atom is 0.0658 e. The summed E-state index contributed by atoms with van der Waals surface area (Å²) in [5, 5.41) is 12.8. The van der Waals surface area contributed by atoms with Crippen molar-refractivity contribution in [3.63, 3.8) is 0 Å². The summed E-state index contributed by atoms with van der Waals surface area (Å²) in [5.74, 6) is 0. The Morgan fingerprint density at radius 3 is 2.88 bits per heavy atom. The Labute approximate surface area is 103 Å². The summed E-state index contributed by atoms with van der Waals surface area (Å²) >= 11 is 3.38. The molecule has 1 aromatic rings. The molecule has 0 amide bonds. The SMILES string of the molecule is CN(N=O)c1ccc(Br)cc1C/C=C/CO. The number of benzene rings is 1. The highest BCUT2D eigenvalue weighted by Crippen LogP contribution is 2.24. The first-order valence-electron chi connectivity index (χ1n) is 4.80. The molecule has 16 heavy (non-hydrogen) atoms. The second-order valence-corrected chi connectivity index (χ2v) is 4.15. The molecule has 0 aliphatic carbocycles. The average molecular weight is 285 g/mol. The van der Waals surface area contributed by atoms with E-state index >= 15 is 0 Å². The summed E-state index contributed by atoms with van der Waals surface area (Å²) in [7, 11) is 1.61. The van der Waals surface area contributed by atoms with Crippen LogP contribution in [0, 0.1) is 4.91 Å². The topological polar surface area (TPSA) is 52.9 Å². The van der Waals surface area contributed by atoms with Crippen molar-refractivity contribution in [1.82, 2.24) is 0 Å². The highest BCUT2D eigenvalue weighted by molar-refractivity contribution is 9.10. The van der Waals surface area contributed by atoms with Gasteiger partial charge in [-0.25, -0.2) is 5.01 Å². The standard InChI is InChI=1S/C11H13BrN2O2/c1-14(13-16)11-6-5-10(12)8-9(11)4-2-3-7-15/h2-3,5-6,8,15H,4,7H2,1H3/b3-2+. The van der Waals surface area contributed by atoms with Crippen molar-refractivity contribution in [1.29, 1.82) is 0 Å². The van der Waals surface area contributed by atoms with Crippen LogP contribution < -0.4 is 5.01 Å². The molecule has 0 atom stereocenters. The van der Waals surface area contributed by atoms with Crippen molar-refractivity contribution in [2.24, 2.45) is 5.29 Å². The van der Waals surface area contributed by atoms with Gasteiger partial charge in [-0.05, 0) is 30.2 Å². The van der Waals surface area contributed by atoms with Crippen LogP contribution in [0.5, 0.6) is 0 Å². The molecule has 0 radical (unpaired) electrons. The predicted molar refractivity (Wildman–Crippen MR) is 68.3 cm³/mol. The lowest BCUT2D eigenvalue weighted by atomic mass is 10.1. The van der Waals surface area contributed by atoms with Gasteiger partial charge >= 0.3 is 0 Å². The van der Waals surface area contributed by atoms with E-state index in [1.54, 1.807) is 13.1 Å². The van der Waals surface area contributed by atoms with E-state index in [2.05, 4.69) is 21.2 Å². The summed E-state index contributed by atoms with van der Waals surface area (Å²) in [5.41, 5.74) is 1.74. The Hall–Kier alpha value is -1.20. The van der Waals surface area contributed by atoms with Crippen LogP contribution in [0.2, 0.25) is 0 Å². The van der Waals surface area contributed by atoms with Crippen LogP contribution in [0.15, 0.2) is 40.1 Å². The summed E-state index contributed by atoms with van der Waals surface area (Å²) < 4.78 is 0.947. The van der Waals surface area contributed by atoms with E-state index in [9.17, 15) is 4.91 Å². The molecular formula is C11H13BrN2O2. The average Bonchev–Trinajstić information content (AvgIpc) is 2.29. The van der Waals surface area contributed by atoms with E-state index < -0.39 is 0 Å². The third-order valence-corrected chi connectivity index (χ3v) is 2.62. The van der Waals surface area contributed by atoms with Gasteiger partial charge in [-0.2, -0.15) is 0 Å². The number of anilines is 1. The van der Waals surface area contributed by atoms with Gasteiger partial charge in [0, 0.05) is 11.5 Å². The van der Waals surface area contributed by atoms with Gasteiger partial charge in [0.05, 0.1) is 17.6 Å². The van der Waals surface area contributed by atoms with Crippen LogP contribution in [-0.4, -0.2) is 18.8 Å². The van der Waals surface area contributed by atoms with E-state index in [4.69, 9.17) is 5.11 Å². The van der Waals surface area contributed by atoms with E-state index in [1.807, 2.05) is 24.3 Å². The first-order chi connectivity index (χ1) is 7.69. The van der Waals surface area contributed by atoms with E-state index in [0.717, 1.165) is 15.7 Å². The Morgan fingerprint density at radius 1 is 1.50 bits per heavy atom. The minimum atomic E-state index is 0.0190. The molecular weight excluding hydrogens is 272 g/mol.